The van der Waals surface area contributed by atoms with Gasteiger partial charge in [-0.15, -0.1) is 0 Å². The molecule has 0 N–H and O–H groups in total. The monoisotopic (exact) mass is 230 g/mol. The summed E-state index contributed by atoms with van der Waals surface area (Å²) in [6.07, 6.45) is 2.66. The van der Waals surface area contributed by atoms with Crippen LogP contribution in [0.5, 0.6) is 0 Å². The van der Waals surface area contributed by atoms with Crippen LogP contribution >= 0.6 is 0 Å². The third-order valence-electron chi connectivity index (χ3n) is 1.71. The molecule has 0 radical (unpaired) electrons. The molecule has 15 heavy (non-hydrogen) atoms. The predicted octanol–water partition coefficient (Wildman–Crippen LogP) is -7.14. The van der Waals surface area contributed by atoms with Crippen LogP contribution in [0.25, 0.3) is 0 Å². The summed E-state index contributed by atoms with van der Waals surface area (Å²) in [4.78, 5) is 20.8. The van der Waals surface area contributed by atoms with Crippen molar-refractivity contribution in [1.82, 2.24) is 0 Å². The largest absolute Gasteiger partial charge is 1.00 e. The molecule has 0 rings (SSSR count). The molecule has 1 atom stereocenters. The van der Waals surface area contributed by atoms with E-state index >= 15 is 0 Å². The number of allylic oxidation sites excluding steroid dienone is 1. The van der Waals surface area contributed by atoms with Crippen molar-refractivity contribution < 1.29 is 78.9 Å². The first-order valence-electron chi connectivity index (χ1n) is 4.13. The van der Waals surface area contributed by atoms with E-state index in [0.29, 0.717) is 6.42 Å². The normalized spacial score (nSPS) is 12.0. The number of hydrogen-bond donors (Lipinski definition) is 0. The van der Waals surface area contributed by atoms with E-state index in [-0.39, 0.29) is 64.7 Å². The van der Waals surface area contributed by atoms with Crippen LogP contribution in [0.3, 0.4) is 0 Å². The summed E-state index contributed by atoms with van der Waals surface area (Å²) in [5, 5.41) is 20.8. The predicted molar refractivity (Wildman–Crippen MR) is 42.2 cm³/mol. The summed E-state index contributed by atoms with van der Waals surface area (Å²) >= 11 is 0. The molecule has 0 aliphatic heterocycles. The molecule has 0 aromatic carbocycles. The molecule has 0 spiro atoms. The first-order chi connectivity index (χ1) is 6.00. The Bertz CT molecular complexity index is 238. The van der Waals surface area contributed by atoms with Gasteiger partial charge in [-0.2, -0.15) is 0 Å². The fourth-order valence-corrected chi connectivity index (χ4v) is 0.864. The van der Waals surface area contributed by atoms with E-state index in [9.17, 15) is 19.8 Å². The molecule has 0 heterocycles. The molecule has 74 valence electrons. The summed E-state index contributed by atoms with van der Waals surface area (Å²) in [6, 6.07) is 0. The second-order valence-corrected chi connectivity index (χ2v) is 2.78. The van der Waals surface area contributed by atoms with Crippen LogP contribution in [0.1, 0.15) is 26.7 Å². The number of carbonyl (C=O) groups excluding carboxylic acids is 2. The molecule has 4 nitrogen and oxygen atoms in total. The number of unbranched alkanes of at least 4 members (excludes halogenated alkanes) is 1. The minimum atomic E-state index is -1.44. The number of carbonyl (C=O) groups is 2. The van der Waals surface area contributed by atoms with Gasteiger partial charge in [-0.1, -0.05) is 26.3 Å². The van der Waals surface area contributed by atoms with Crippen LogP contribution in [-0.4, -0.2) is 11.9 Å². The first kappa shape index (κ1) is 21.0. The topological polar surface area (TPSA) is 80.3 Å². The van der Waals surface area contributed by atoms with E-state index in [1.54, 1.807) is 0 Å². The second-order valence-electron chi connectivity index (χ2n) is 2.78. The van der Waals surface area contributed by atoms with Gasteiger partial charge in [0.1, 0.15) is 0 Å². The Kier molecular flexibility index (Phi) is 15.7. The molecule has 0 fully saturated rings. The molecule has 0 saturated carbocycles. The molecule has 0 saturated heterocycles. The second kappa shape index (κ2) is 11.2. The van der Waals surface area contributed by atoms with Crippen molar-refractivity contribution in [3.05, 3.63) is 11.6 Å². The zero-order valence-corrected chi connectivity index (χ0v) is 13.7. The summed E-state index contributed by atoms with van der Waals surface area (Å²) in [7, 11) is 0. The van der Waals surface area contributed by atoms with Crippen molar-refractivity contribution in [2.75, 3.05) is 0 Å². The summed E-state index contributed by atoms with van der Waals surface area (Å²) < 4.78 is 0. The zero-order valence-electron chi connectivity index (χ0n) is 9.70. The van der Waals surface area contributed by atoms with Gasteiger partial charge in [0.25, 0.3) is 0 Å². The molecule has 0 aromatic rings. The molecular formula is C9H12Na2O4. The number of aliphatic carboxylic acids is 2. The van der Waals surface area contributed by atoms with Gasteiger partial charge in [-0.3, -0.25) is 0 Å². The van der Waals surface area contributed by atoms with Crippen LogP contribution in [0.2, 0.25) is 0 Å². The van der Waals surface area contributed by atoms with Crippen molar-refractivity contribution in [1.29, 1.82) is 0 Å². The minimum absolute atomic E-state index is 0. The average Bonchev–Trinajstić information content (AvgIpc) is 2.04. The quantitative estimate of drug-likeness (QED) is 0.347. The van der Waals surface area contributed by atoms with Crippen LogP contribution < -0.4 is 69.3 Å². The summed E-state index contributed by atoms with van der Waals surface area (Å²) in [6.45, 7) is 3.14. The maximum Gasteiger partial charge on any atom is 1.00 e. The third kappa shape index (κ3) is 8.48. The van der Waals surface area contributed by atoms with Crippen molar-refractivity contribution in [2.24, 2.45) is 5.92 Å². The number of rotatable bonds is 5. The number of hydrogen-bond acceptors (Lipinski definition) is 4. The molecule has 0 aromatic heterocycles. The van der Waals surface area contributed by atoms with Gasteiger partial charge in [0, 0.05) is 11.9 Å². The Hall–Kier alpha value is 0.680. The van der Waals surface area contributed by atoms with E-state index in [0.717, 1.165) is 6.42 Å². The van der Waals surface area contributed by atoms with Crippen molar-refractivity contribution >= 4 is 11.9 Å². The van der Waals surface area contributed by atoms with Crippen molar-refractivity contribution in [3.8, 4) is 0 Å². The van der Waals surface area contributed by atoms with Crippen molar-refractivity contribution in [3.63, 3.8) is 0 Å². The SMILES string of the molecule is CCC/C=C(\C(=O)[O-])C(C)C(=O)[O-].[Na+].[Na+]. The van der Waals surface area contributed by atoms with E-state index in [1.165, 1.54) is 13.0 Å². The standard InChI is InChI=1S/C9H14O4.2Na/c1-3-4-5-7(9(12)13)6(2)8(10)11;;/h5-6H,3-4H2,1-2H3,(H,10,11)(H,12,13);;/q;2*+1/p-2/b7-5-;;. The Morgan fingerprint density at radius 2 is 1.73 bits per heavy atom. The van der Waals surface area contributed by atoms with Crippen molar-refractivity contribution in [2.45, 2.75) is 26.7 Å². The molecule has 0 aliphatic carbocycles. The minimum Gasteiger partial charge on any atom is -0.550 e. The van der Waals surface area contributed by atoms with Gasteiger partial charge in [0.2, 0.25) is 0 Å². The number of carboxylic acid groups (broad SMARTS) is 2. The van der Waals surface area contributed by atoms with Gasteiger partial charge in [-0.25, -0.2) is 0 Å². The Morgan fingerprint density at radius 1 is 1.27 bits per heavy atom. The Morgan fingerprint density at radius 3 is 2.00 bits per heavy atom. The maximum atomic E-state index is 10.5. The van der Waals surface area contributed by atoms with Gasteiger partial charge in [0.05, 0.1) is 5.97 Å². The van der Waals surface area contributed by atoms with Crippen LogP contribution in [0.4, 0.5) is 0 Å². The van der Waals surface area contributed by atoms with E-state index in [4.69, 9.17) is 0 Å². The number of carboxylic acids is 2. The van der Waals surface area contributed by atoms with Crippen LogP contribution in [0, 0.1) is 5.92 Å². The first-order valence-corrected chi connectivity index (χ1v) is 4.13. The van der Waals surface area contributed by atoms with E-state index in [2.05, 4.69) is 0 Å². The van der Waals surface area contributed by atoms with Gasteiger partial charge in [0.15, 0.2) is 0 Å². The fourth-order valence-electron chi connectivity index (χ4n) is 0.864. The van der Waals surface area contributed by atoms with Gasteiger partial charge in [-0.05, 0) is 12.0 Å². The van der Waals surface area contributed by atoms with E-state index < -0.39 is 17.9 Å². The maximum absolute atomic E-state index is 10.5. The Labute approximate surface area is 134 Å². The smallest absolute Gasteiger partial charge is 0.550 e. The fraction of sp³-hybridized carbons (Fsp3) is 0.556. The molecular weight excluding hydrogens is 218 g/mol. The summed E-state index contributed by atoms with van der Waals surface area (Å²) in [5.41, 5.74) is -0.207. The van der Waals surface area contributed by atoms with Gasteiger partial charge >= 0.3 is 59.1 Å². The van der Waals surface area contributed by atoms with Crippen LogP contribution in [-0.2, 0) is 9.59 Å². The van der Waals surface area contributed by atoms with Gasteiger partial charge < -0.3 is 19.8 Å². The van der Waals surface area contributed by atoms with Crippen LogP contribution in [0.15, 0.2) is 11.6 Å². The van der Waals surface area contributed by atoms with E-state index in [1.807, 2.05) is 6.92 Å². The molecule has 0 bridgehead atoms. The zero-order chi connectivity index (χ0) is 10.4. The molecule has 6 heteroatoms. The molecule has 0 aliphatic rings. The third-order valence-corrected chi connectivity index (χ3v) is 1.71. The molecule has 1 unspecified atom stereocenters. The molecule has 0 amide bonds. The Balaban J connectivity index is -0.000000720. The summed E-state index contributed by atoms with van der Waals surface area (Å²) in [5.74, 6) is -3.95. The average molecular weight is 230 g/mol.